The SMILES string of the molecule is COc1ccc(/C=C2\Oc3ccccc3[C@H](C(=O)OCc3ccccc3)[C@H]2c2ccc(OC)cc2)cc1. The van der Waals surface area contributed by atoms with Crippen LogP contribution in [-0.4, -0.2) is 20.2 Å². The highest BCUT2D eigenvalue weighted by atomic mass is 16.5. The molecule has 0 radical (unpaired) electrons. The number of ether oxygens (including phenoxy) is 4. The third kappa shape index (κ3) is 5.36. The molecule has 1 heterocycles. The van der Waals surface area contributed by atoms with Crippen molar-refractivity contribution in [1.29, 1.82) is 0 Å². The molecule has 4 aromatic carbocycles. The zero-order valence-corrected chi connectivity index (χ0v) is 20.8. The van der Waals surface area contributed by atoms with Crippen LogP contribution in [0.3, 0.4) is 0 Å². The lowest BCUT2D eigenvalue weighted by molar-refractivity contribution is -0.147. The highest BCUT2D eigenvalue weighted by Crippen LogP contribution is 2.48. The summed E-state index contributed by atoms with van der Waals surface area (Å²) in [5.41, 5.74) is 3.60. The molecule has 0 saturated heterocycles. The van der Waals surface area contributed by atoms with Crippen molar-refractivity contribution >= 4 is 12.0 Å². The zero-order chi connectivity index (χ0) is 25.6. The summed E-state index contributed by atoms with van der Waals surface area (Å²) in [6.45, 7) is 0.200. The van der Waals surface area contributed by atoms with E-state index in [1.807, 2.05) is 109 Å². The van der Waals surface area contributed by atoms with Crippen LogP contribution in [-0.2, 0) is 16.1 Å². The molecular weight excluding hydrogens is 464 g/mol. The van der Waals surface area contributed by atoms with Gasteiger partial charge in [0.15, 0.2) is 0 Å². The van der Waals surface area contributed by atoms with E-state index in [0.717, 1.165) is 33.8 Å². The van der Waals surface area contributed by atoms with E-state index < -0.39 is 11.8 Å². The summed E-state index contributed by atoms with van der Waals surface area (Å²) in [5, 5.41) is 0. The van der Waals surface area contributed by atoms with Gasteiger partial charge in [0.2, 0.25) is 0 Å². The molecule has 1 aliphatic rings. The first kappa shape index (κ1) is 24.2. The number of fused-ring (bicyclic) bond motifs is 1. The van der Waals surface area contributed by atoms with Gasteiger partial charge in [0.25, 0.3) is 0 Å². The molecule has 0 aromatic heterocycles. The van der Waals surface area contributed by atoms with Crippen molar-refractivity contribution in [3.05, 3.63) is 131 Å². The average Bonchev–Trinajstić information content (AvgIpc) is 2.96. The number of esters is 1. The first-order valence-electron chi connectivity index (χ1n) is 12.1. The normalized spacial score (nSPS) is 17.4. The molecule has 0 saturated carbocycles. The maximum atomic E-state index is 13.8. The highest BCUT2D eigenvalue weighted by molar-refractivity contribution is 5.83. The fourth-order valence-corrected chi connectivity index (χ4v) is 4.60. The summed E-state index contributed by atoms with van der Waals surface area (Å²) >= 11 is 0. The summed E-state index contributed by atoms with van der Waals surface area (Å²) in [4.78, 5) is 13.8. The fourth-order valence-electron chi connectivity index (χ4n) is 4.60. The van der Waals surface area contributed by atoms with Crippen LogP contribution < -0.4 is 14.2 Å². The van der Waals surface area contributed by atoms with Crippen molar-refractivity contribution in [3.8, 4) is 17.2 Å². The Hall–Kier alpha value is -4.51. The number of hydrogen-bond donors (Lipinski definition) is 0. The molecule has 0 unspecified atom stereocenters. The van der Waals surface area contributed by atoms with Gasteiger partial charge in [-0.15, -0.1) is 0 Å². The molecule has 4 aromatic rings. The number of carbonyl (C=O) groups excluding carboxylic acids is 1. The number of para-hydroxylation sites is 1. The lowest BCUT2D eigenvalue weighted by Gasteiger charge is -2.34. The maximum absolute atomic E-state index is 13.8. The minimum atomic E-state index is -0.591. The second kappa shape index (κ2) is 11.0. The topological polar surface area (TPSA) is 54.0 Å². The molecule has 5 nitrogen and oxygen atoms in total. The van der Waals surface area contributed by atoms with Gasteiger partial charge < -0.3 is 18.9 Å². The van der Waals surface area contributed by atoms with Gasteiger partial charge in [0.1, 0.15) is 29.6 Å². The molecule has 186 valence electrons. The van der Waals surface area contributed by atoms with Crippen molar-refractivity contribution in [2.24, 2.45) is 0 Å². The minimum Gasteiger partial charge on any atom is -0.497 e. The largest absolute Gasteiger partial charge is 0.497 e. The maximum Gasteiger partial charge on any atom is 0.314 e. The summed E-state index contributed by atoms with van der Waals surface area (Å²) in [5.74, 6) is 1.53. The molecule has 0 bridgehead atoms. The number of benzene rings is 4. The molecule has 5 rings (SSSR count). The Morgan fingerprint density at radius 1 is 0.784 bits per heavy atom. The monoisotopic (exact) mass is 492 g/mol. The molecule has 37 heavy (non-hydrogen) atoms. The van der Waals surface area contributed by atoms with Crippen molar-refractivity contribution in [2.45, 2.75) is 18.4 Å². The molecule has 5 heteroatoms. The van der Waals surface area contributed by atoms with Gasteiger partial charge in [-0.25, -0.2) is 0 Å². The zero-order valence-electron chi connectivity index (χ0n) is 20.8. The Labute approximate surface area is 216 Å². The van der Waals surface area contributed by atoms with E-state index in [1.54, 1.807) is 14.2 Å². The average molecular weight is 493 g/mol. The number of methoxy groups -OCH3 is 2. The summed E-state index contributed by atoms with van der Waals surface area (Å²) in [6, 6.07) is 32.8. The Bertz CT molecular complexity index is 1380. The smallest absolute Gasteiger partial charge is 0.314 e. The Balaban J connectivity index is 1.58. The van der Waals surface area contributed by atoms with Crippen molar-refractivity contribution in [3.63, 3.8) is 0 Å². The predicted molar refractivity (Wildman–Crippen MR) is 143 cm³/mol. The first-order valence-corrected chi connectivity index (χ1v) is 12.1. The van der Waals surface area contributed by atoms with Crippen LogP contribution in [0.5, 0.6) is 17.2 Å². The molecule has 0 spiro atoms. The lowest BCUT2D eigenvalue weighted by Crippen LogP contribution is -2.29. The summed E-state index contributed by atoms with van der Waals surface area (Å²) in [6.07, 6.45) is 1.97. The van der Waals surface area contributed by atoms with Gasteiger partial charge in [0.05, 0.1) is 26.1 Å². The second-order valence-corrected chi connectivity index (χ2v) is 8.78. The van der Waals surface area contributed by atoms with Crippen LogP contribution in [0, 0.1) is 0 Å². The van der Waals surface area contributed by atoms with E-state index in [9.17, 15) is 4.79 Å². The molecule has 0 N–H and O–H groups in total. The van der Waals surface area contributed by atoms with Crippen LogP contribution in [0.4, 0.5) is 0 Å². The standard InChI is InChI=1S/C32H28O5/c1-34-25-16-12-22(13-17-25)20-29-30(24-14-18-26(35-2)19-15-24)31(27-10-6-7-11-28(27)37-29)32(33)36-21-23-8-4-3-5-9-23/h3-20,30-31H,21H2,1-2H3/b29-20-/t30-,31-/m0/s1. The van der Waals surface area contributed by atoms with Gasteiger partial charge in [-0.2, -0.15) is 0 Å². The third-order valence-corrected chi connectivity index (χ3v) is 6.50. The fraction of sp³-hybridized carbons (Fsp3) is 0.156. The van der Waals surface area contributed by atoms with E-state index in [0.29, 0.717) is 11.5 Å². The number of rotatable bonds is 7. The molecule has 2 atom stereocenters. The van der Waals surface area contributed by atoms with Gasteiger partial charge in [-0.05, 0) is 53.1 Å². The molecule has 0 aliphatic carbocycles. The van der Waals surface area contributed by atoms with Gasteiger partial charge in [0, 0.05) is 5.56 Å². The summed E-state index contributed by atoms with van der Waals surface area (Å²) in [7, 11) is 3.27. The number of allylic oxidation sites excluding steroid dienone is 1. The molecule has 1 aliphatic heterocycles. The van der Waals surface area contributed by atoms with E-state index in [-0.39, 0.29) is 12.6 Å². The van der Waals surface area contributed by atoms with Gasteiger partial charge in [-0.3, -0.25) is 4.79 Å². The van der Waals surface area contributed by atoms with E-state index in [4.69, 9.17) is 18.9 Å². The van der Waals surface area contributed by atoms with Crippen molar-refractivity contribution < 1.29 is 23.7 Å². The Kier molecular flexibility index (Phi) is 7.22. The van der Waals surface area contributed by atoms with E-state index in [2.05, 4.69) is 0 Å². The van der Waals surface area contributed by atoms with Gasteiger partial charge >= 0.3 is 5.97 Å². The Morgan fingerprint density at radius 2 is 1.41 bits per heavy atom. The minimum absolute atomic E-state index is 0.200. The summed E-state index contributed by atoms with van der Waals surface area (Å²) < 4.78 is 23.0. The van der Waals surface area contributed by atoms with Crippen molar-refractivity contribution in [1.82, 2.24) is 0 Å². The third-order valence-electron chi connectivity index (χ3n) is 6.50. The quantitative estimate of drug-likeness (QED) is 0.267. The van der Waals surface area contributed by atoms with Gasteiger partial charge in [-0.1, -0.05) is 72.8 Å². The number of hydrogen-bond acceptors (Lipinski definition) is 5. The molecule has 0 amide bonds. The number of carbonyl (C=O) groups is 1. The van der Waals surface area contributed by atoms with E-state index in [1.165, 1.54) is 0 Å². The highest BCUT2D eigenvalue weighted by Gasteiger charge is 2.41. The predicted octanol–water partition coefficient (Wildman–Crippen LogP) is 6.75. The van der Waals surface area contributed by atoms with E-state index >= 15 is 0 Å². The second-order valence-electron chi connectivity index (χ2n) is 8.78. The van der Waals surface area contributed by atoms with Crippen LogP contribution >= 0.6 is 0 Å². The lowest BCUT2D eigenvalue weighted by atomic mass is 9.77. The molecule has 0 fully saturated rings. The van der Waals surface area contributed by atoms with Crippen LogP contribution in [0.2, 0.25) is 0 Å². The van der Waals surface area contributed by atoms with Crippen LogP contribution in [0.15, 0.2) is 109 Å². The van der Waals surface area contributed by atoms with Crippen LogP contribution in [0.25, 0.3) is 6.08 Å². The molecular formula is C32H28O5. The van der Waals surface area contributed by atoms with Crippen molar-refractivity contribution in [2.75, 3.05) is 14.2 Å². The first-order chi connectivity index (χ1) is 18.2. The van der Waals surface area contributed by atoms with Crippen LogP contribution in [0.1, 0.15) is 34.1 Å². The Morgan fingerprint density at radius 3 is 2.08 bits per heavy atom.